The molecule has 1 aliphatic rings. The summed E-state index contributed by atoms with van der Waals surface area (Å²) < 4.78 is 6.25. The van der Waals surface area contributed by atoms with Crippen molar-refractivity contribution in [1.29, 1.82) is 0 Å². The van der Waals surface area contributed by atoms with Crippen LogP contribution >= 0.6 is 22.6 Å². The van der Waals surface area contributed by atoms with Crippen molar-refractivity contribution in [3.8, 4) is 0 Å². The lowest BCUT2D eigenvalue weighted by Gasteiger charge is -2.05. The summed E-state index contributed by atoms with van der Waals surface area (Å²) in [7, 11) is 0. The number of halogens is 1. The van der Waals surface area contributed by atoms with E-state index in [0.717, 1.165) is 4.61 Å². The van der Waals surface area contributed by atoms with Gasteiger partial charge in [0.15, 0.2) is 0 Å². The Hall–Kier alpha value is 0.690. The van der Waals surface area contributed by atoms with Crippen LogP contribution in [-0.4, -0.2) is 10.7 Å². The van der Waals surface area contributed by atoms with Crippen molar-refractivity contribution in [3.63, 3.8) is 0 Å². The van der Waals surface area contributed by atoms with Gasteiger partial charge in [-0.05, 0) is 12.8 Å². The summed E-state index contributed by atoms with van der Waals surface area (Å²) >= 11 is 2.25. The predicted molar refractivity (Wildman–Crippen MR) is 42.2 cm³/mol. The number of rotatable bonds is 2. The highest BCUT2D eigenvalue weighted by molar-refractivity contribution is 14.1. The van der Waals surface area contributed by atoms with Crippen LogP contribution in [0.4, 0.5) is 0 Å². The molecule has 1 aliphatic carbocycles. The normalized spacial score (nSPS) is 22.1. The van der Waals surface area contributed by atoms with Gasteiger partial charge in [-0.1, -0.05) is 35.4 Å². The van der Waals surface area contributed by atoms with Crippen molar-refractivity contribution < 1.29 is 4.74 Å². The van der Waals surface area contributed by atoms with Crippen LogP contribution in [0.5, 0.6) is 0 Å². The first-order valence-corrected chi connectivity index (χ1v) is 4.63. The van der Waals surface area contributed by atoms with E-state index in [4.69, 9.17) is 4.74 Å². The second-order valence-electron chi connectivity index (χ2n) is 2.18. The van der Waals surface area contributed by atoms with Gasteiger partial charge in [0.05, 0.1) is 10.7 Å². The zero-order chi connectivity index (χ0) is 5.82. The standard InChI is InChI=1S/C6H11IO/c7-5-8-6-3-1-2-4-6/h6H,1-5H2. The van der Waals surface area contributed by atoms with Gasteiger partial charge >= 0.3 is 0 Å². The Morgan fingerprint density at radius 1 is 1.38 bits per heavy atom. The van der Waals surface area contributed by atoms with Crippen LogP contribution in [0.15, 0.2) is 0 Å². The maximum absolute atomic E-state index is 5.39. The van der Waals surface area contributed by atoms with Crippen LogP contribution in [0.1, 0.15) is 25.7 Å². The highest BCUT2D eigenvalue weighted by Crippen LogP contribution is 2.20. The van der Waals surface area contributed by atoms with Crippen molar-refractivity contribution >= 4 is 22.6 Å². The maximum Gasteiger partial charge on any atom is 0.0983 e. The molecule has 0 aromatic carbocycles. The third kappa shape index (κ3) is 1.90. The SMILES string of the molecule is ICOC1CCCC1. The van der Waals surface area contributed by atoms with E-state index in [1.54, 1.807) is 0 Å². The highest BCUT2D eigenvalue weighted by atomic mass is 127. The van der Waals surface area contributed by atoms with Crippen LogP contribution in [0.25, 0.3) is 0 Å². The molecule has 0 saturated heterocycles. The van der Waals surface area contributed by atoms with Crippen molar-refractivity contribution in [2.45, 2.75) is 31.8 Å². The molecule has 0 aromatic heterocycles. The van der Waals surface area contributed by atoms with Gasteiger partial charge in [-0.3, -0.25) is 0 Å². The fourth-order valence-electron chi connectivity index (χ4n) is 1.14. The van der Waals surface area contributed by atoms with E-state index in [1.807, 2.05) is 0 Å². The second-order valence-corrected chi connectivity index (χ2v) is 2.81. The van der Waals surface area contributed by atoms with Gasteiger partial charge in [-0.2, -0.15) is 0 Å². The average Bonchev–Trinajstić information content (AvgIpc) is 2.19. The summed E-state index contributed by atoms with van der Waals surface area (Å²) in [6.07, 6.45) is 5.95. The third-order valence-corrected chi connectivity index (χ3v) is 1.96. The molecule has 1 saturated carbocycles. The van der Waals surface area contributed by atoms with Gasteiger partial charge in [0, 0.05) is 0 Å². The summed E-state index contributed by atoms with van der Waals surface area (Å²) in [6.45, 7) is 0. The number of alkyl halides is 1. The van der Waals surface area contributed by atoms with Gasteiger partial charge in [0.1, 0.15) is 0 Å². The van der Waals surface area contributed by atoms with Gasteiger partial charge in [0.2, 0.25) is 0 Å². The fraction of sp³-hybridized carbons (Fsp3) is 1.00. The topological polar surface area (TPSA) is 9.23 Å². The molecule has 0 atom stereocenters. The lowest BCUT2D eigenvalue weighted by molar-refractivity contribution is 0.103. The molecule has 0 spiro atoms. The molecular weight excluding hydrogens is 215 g/mol. The summed E-state index contributed by atoms with van der Waals surface area (Å²) in [5.41, 5.74) is 0. The summed E-state index contributed by atoms with van der Waals surface area (Å²) in [4.78, 5) is 0. The number of hydrogen-bond donors (Lipinski definition) is 0. The predicted octanol–water partition coefficient (Wildman–Crippen LogP) is 2.34. The van der Waals surface area contributed by atoms with Crippen molar-refractivity contribution in [1.82, 2.24) is 0 Å². The summed E-state index contributed by atoms with van der Waals surface area (Å²) in [5, 5.41) is 0. The zero-order valence-electron chi connectivity index (χ0n) is 4.90. The van der Waals surface area contributed by atoms with E-state index < -0.39 is 0 Å². The molecule has 0 bridgehead atoms. The monoisotopic (exact) mass is 226 g/mol. The van der Waals surface area contributed by atoms with Crippen molar-refractivity contribution in [2.24, 2.45) is 0 Å². The Kier molecular flexibility index (Phi) is 3.12. The first kappa shape index (κ1) is 6.81. The van der Waals surface area contributed by atoms with Crippen LogP contribution in [-0.2, 0) is 4.74 Å². The molecule has 0 aromatic rings. The maximum atomic E-state index is 5.39. The van der Waals surface area contributed by atoms with E-state index in [0.29, 0.717) is 6.10 Å². The van der Waals surface area contributed by atoms with Crippen molar-refractivity contribution in [3.05, 3.63) is 0 Å². The molecule has 8 heavy (non-hydrogen) atoms. The lowest BCUT2D eigenvalue weighted by Crippen LogP contribution is -2.04. The number of ether oxygens (including phenoxy) is 1. The first-order valence-electron chi connectivity index (χ1n) is 3.11. The summed E-state index contributed by atoms with van der Waals surface area (Å²) in [6, 6.07) is 0. The van der Waals surface area contributed by atoms with Crippen LogP contribution in [0.2, 0.25) is 0 Å². The molecule has 1 rings (SSSR count). The highest BCUT2D eigenvalue weighted by Gasteiger charge is 2.13. The Balaban J connectivity index is 2.06. The largest absolute Gasteiger partial charge is 0.368 e. The molecule has 0 aliphatic heterocycles. The molecule has 2 heteroatoms. The van der Waals surface area contributed by atoms with Crippen LogP contribution < -0.4 is 0 Å². The van der Waals surface area contributed by atoms with Gasteiger partial charge in [0.25, 0.3) is 0 Å². The van der Waals surface area contributed by atoms with E-state index in [2.05, 4.69) is 22.6 Å². The number of hydrogen-bond acceptors (Lipinski definition) is 1. The Labute approximate surface area is 63.9 Å². The molecule has 0 unspecified atom stereocenters. The quantitative estimate of drug-likeness (QED) is 0.518. The first-order chi connectivity index (χ1) is 3.93. The smallest absolute Gasteiger partial charge is 0.0983 e. The summed E-state index contributed by atoms with van der Waals surface area (Å²) in [5.74, 6) is 0. The Morgan fingerprint density at radius 3 is 2.50 bits per heavy atom. The van der Waals surface area contributed by atoms with E-state index >= 15 is 0 Å². The molecular formula is C6H11IO. The molecule has 0 N–H and O–H groups in total. The van der Waals surface area contributed by atoms with Gasteiger partial charge in [-0.25, -0.2) is 0 Å². The average molecular weight is 226 g/mol. The van der Waals surface area contributed by atoms with Crippen molar-refractivity contribution in [2.75, 3.05) is 4.61 Å². The van der Waals surface area contributed by atoms with Gasteiger partial charge < -0.3 is 4.74 Å². The molecule has 0 radical (unpaired) electrons. The third-order valence-electron chi connectivity index (χ3n) is 1.60. The van der Waals surface area contributed by atoms with E-state index in [-0.39, 0.29) is 0 Å². The minimum atomic E-state index is 0.604. The second kappa shape index (κ2) is 3.67. The van der Waals surface area contributed by atoms with Crippen LogP contribution in [0.3, 0.4) is 0 Å². The lowest BCUT2D eigenvalue weighted by atomic mass is 10.3. The van der Waals surface area contributed by atoms with E-state index in [9.17, 15) is 0 Å². The Morgan fingerprint density at radius 2 is 2.00 bits per heavy atom. The minimum absolute atomic E-state index is 0.604. The molecule has 0 amide bonds. The van der Waals surface area contributed by atoms with Gasteiger partial charge in [-0.15, -0.1) is 0 Å². The molecule has 48 valence electrons. The molecule has 0 heterocycles. The Bertz CT molecular complexity index is 59.5. The van der Waals surface area contributed by atoms with E-state index in [1.165, 1.54) is 25.7 Å². The zero-order valence-corrected chi connectivity index (χ0v) is 7.06. The fourth-order valence-corrected chi connectivity index (χ4v) is 1.65. The molecule has 1 nitrogen and oxygen atoms in total. The van der Waals surface area contributed by atoms with Crippen LogP contribution in [0, 0.1) is 0 Å². The minimum Gasteiger partial charge on any atom is -0.368 e. The molecule has 1 fully saturated rings.